The minimum Gasteiger partial charge on any atom is -0.317 e. The van der Waals surface area contributed by atoms with Crippen LogP contribution >= 0.6 is 51.3 Å². The van der Waals surface area contributed by atoms with Crippen molar-refractivity contribution in [3.8, 4) is 5.69 Å². The normalized spacial score (nSPS) is 15.6. The van der Waals surface area contributed by atoms with E-state index in [0.29, 0.717) is 11.4 Å². The highest BCUT2D eigenvalue weighted by atomic mass is 79.9. The number of anilines is 1. The van der Waals surface area contributed by atoms with Crippen molar-refractivity contribution in [3.05, 3.63) is 86.6 Å². The van der Waals surface area contributed by atoms with Crippen LogP contribution < -0.4 is 10.2 Å². The number of nitrogens with one attached hydrogen (secondary N) is 1. The third-order valence-electron chi connectivity index (χ3n) is 4.45. The summed E-state index contributed by atoms with van der Waals surface area (Å²) in [6.45, 7) is 0. The Morgan fingerprint density at radius 2 is 1.73 bits per heavy atom. The zero-order valence-electron chi connectivity index (χ0n) is 15.1. The van der Waals surface area contributed by atoms with Crippen molar-refractivity contribution in [1.82, 2.24) is 9.88 Å². The summed E-state index contributed by atoms with van der Waals surface area (Å²) in [4.78, 5) is 27.0. The molecule has 0 aliphatic carbocycles. The Kier molecular flexibility index (Phi) is 5.79. The van der Waals surface area contributed by atoms with Crippen molar-refractivity contribution < 1.29 is 9.59 Å². The molecule has 2 heterocycles. The summed E-state index contributed by atoms with van der Waals surface area (Å²) in [5.41, 5.74) is 1.76. The van der Waals surface area contributed by atoms with Crippen LogP contribution in [0, 0.1) is 0 Å². The summed E-state index contributed by atoms with van der Waals surface area (Å²) in [6.07, 6.45) is 3.37. The predicted octanol–water partition coefficient (Wildman–Crippen LogP) is 5.38. The monoisotopic (exact) mass is 519 g/mol. The van der Waals surface area contributed by atoms with Crippen molar-refractivity contribution in [2.45, 2.75) is 0 Å². The van der Waals surface area contributed by atoms with E-state index in [-0.39, 0.29) is 20.7 Å². The highest BCUT2D eigenvalue weighted by Crippen LogP contribution is 2.34. The van der Waals surface area contributed by atoms with Gasteiger partial charge in [-0.2, -0.15) is 0 Å². The summed E-state index contributed by atoms with van der Waals surface area (Å²) in [6, 6.07) is 16.2. The molecule has 2 amide bonds. The van der Waals surface area contributed by atoms with Crippen LogP contribution in [-0.4, -0.2) is 21.5 Å². The second-order valence-corrected chi connectivity index (χ2v) is 8.40. The van der Waals surface area contributed by atoms with Crippen LogP contribution in [0.1, 0.15) is 5.69 Å². The topological polar surface area (TPSA) is 54.3 Å². The predicted molar refractivity (Wildman–Crippen MR) is 126 cm³/mol. The van der Waals surface area contributed by atoms with Gasteiger partial charge in [-0.3, -0.25) is 19.8 Å². The van der Waals surface area contributed by atoms with E-state index in [1.54, 1.807) is 24.3 Å². The van der Waals surface area contributed by atoms with Crippen LogP contribution in [0.4, 0.5) is 5.69 Å². The highest BCUT2D eigenvalue weighted by molar-refractivity contribution is 9.10. The Labute approximate surface area is 196 Å². The first-order valence-corrected chi connectivity index (χ1v) is 10.6. The average Bonchev–Trinajstić information content (AvgIpc) is 3.17. The molecular formula is C21H12BrCl2N3O2S. The van der Waals surface area contributed by atoms with Crippen LogP contribution in [-0.2, 0) is 9.59 Å². The van der Waals surface area contributed by atoms with Gasteiger partial charge in [-0.25, -0.2) is 0 Å². The van der Waals surface area contributed by atoms with E-state index in [9.17, 15) is 9.59 Å². The molecule has 150 valence electrons. The van der Waals surface area contributed by atoms with Gasteiger partial charge in [0.1, 0.15) is 5.57 Å². The van der Waals surface area contributed by atoms with Crippen molar-refractivity contribution in [2.75, 3.05) is 4.90 Å². The van der Waals surface area contributed by atoms with Gasteiger partial charge >= 0.3 is 0 Å². The molecule has 0 saturated carbocycles. The van der Waals surface area contributed by atoms with Crippen LogP contribution in [0.5, 0.6) is 0 Å². The molecule has 0 unspecified atom stereocenters. The molecule has 0 bridgehead atoms. The standard InChI is InChI=1S/C21H12BrCl2N3O2S/c22-12-6-8-13(9-7-12)26-10-2-3-14(26)11-15-19(28)25-21(30)27(20(15)29)17-5-1-4-16(23)18(17)24/h1-11H,(H,25,28,30)/b15-11+. The molecule has 1 aromatic heterocycles. The molecule has 1 fully saturated rings. The quantitative estimate of drug-likeness (QED) is 0.286. The summed E-state index contributed by atoms with van der Waals surface area (Å²) in [7, 11) is 0. The first kappa shape index (κ1) is 20.8. The number of carbonyl (C=O) groups excluding carboxylic acids is 2. The lowest BCUT2D eigenvalue weighted by Crippen LogP contribution is -2.54. The minimum atomic E-state index is -0.587. The zero-order valence-corrected chi connectivity index (χ0v) is 19.0. The Morgan fingerprint density at radius 1 is 1.00 bits per heavy atom. The number of thiocarbonyl (C=S) groups is 1. The third-order valence-corrected chi connectivity index (χ3v) is 6.07. The summed E-state index contributed by atoms with van der Waals surface area (Å²) in [5.74, 6) is -1.17. The Morgan fingerprint density at radius 3 is 2.47 bits per heavy atom. The lowest BCUT2D eigenvalue weighted by Gasteiger charge is -2.29. The molecule has 1 saturated heterocycles. The third kappa shape index (κ3) is 3.81. The smallest absolute Gasteiger partial charge is 0.270 e. The maximum atomic E-state index is 13.2. The van der Waals surface area contributed by atoms with E-state index in [1.165, 1.54) is 11.0 Å². The van der Waals surface area contributed by atoms with Gasteiger partial charge in [0, 0.05) is 22.1 Å². The number of halogens is 3. The molecule has 1 aliphatic heterocycles. The molecule has 1 N–H and O–H groups in total. The van der Waals surface area contributed by atoms with Crippen molar-refractivity contribution in [2.24, 2.45) is 0 Å². The van der Waals surface area contributed by atoms with Gasteiger partial charge in [-0.15, -0.1) is 0 Å². The number of nitrogens with zero attached hydrogens (tertiary/aromatic N) is 2. The molecule has 5 nitrogen and oxygen atoms in total. The van der Waals surface area contributed by atoms with Gasteiger partial charge < -0.3 is 4.57 Å². The largest absolute Gasteiger partial charge is 0.317 e. The maximum absolute atomic E-state index is 13.2. The number of hydrogen-bond donors (Lipinski definition) is 1. The van der Waals surface area contributed by atoms with E-state index in [4.69, 9.17) is 35.4 Å². The van der Waals surface area contributed by atoms with Crippen LogP contribution in [0.25, 0.3) is 11.8 Å². The van der Waals surface area contributed by atoms with Gasteiger partial charge in [0.05, 0.1) is 15.7 Å². The van der Waals surface area contributed by atoms with Crippen molar-refractivity contribution in [3.63, 3.8) is 0 Å². The zero-order chi connectivity index (χ0) is 21.4. The first-order valence-electron chi connectivity index (χ1n) is 8.65. The van der Waals surface area contributed by atoms with Crippen molar-refractivity contribution >= 4 is 80.0 Å². The van der Waals surface area contributed by atoms with Gasteiger partial charge in [-0.1, -0.05) is 45.2 Å². The average molecular weight is 521 g/mol. The SMILES string of the molecule is O=C1NC(=S)N(c2cccc(Cl)c2Cl)C(=O)/C1=C/c1cccn1-c1ccc(Br)cc1. The second kappa shape index (κ2) is 8.35. The Bertz CT molecular complexity index is 1220. The Hall–Kier alpha value is -2.45. The van der Waals surface area contributed by atoms with Gasteiger partial charge in [0.2, 0.25) is 0 Å². The van der Waals surface area contributed by atoms with Crippen LogP contribution in [0.3, 0.4) is 0 Å². The van der Waals surface area contributed by atoms with Gasteiger partial charge in [0.15, 0.2) is 5.11 Å². The maximum Gasteiger partial charge on any atom is 0.270 e. The van der Waals surface area contributed by atoms with E-state index in [0.717, 1.165) is 10.2 Å². The molecular weight excluding hydrogens is 509 g/mol. The van der Waals surface area contributed by atoms with E-state index in [1.807, 2.05) is 41.1 Å². The molecule has 0 atom stereocenters. The number of benzene rings is 2. The highest BCUT2D eigenvalue weighted by Gasteiger charge is 2.35. The fourth-order valence-corrected chi connectivity index (χ4v) is 3.96. The number of aromatic nitrogens is 1. The summed E-state index contributed by atoms with van der Waals surface area (Å²) in [5, 5.41) is 2.93. The van der Waals surface area contributed by atoms with E-state index < -0.39 is 11.8 Å². The molecule has 1 aliphatic rings. The van der Waals surface area contributed by atoms with Gasteiger partial charge in [0.25, 0.3) is 11.8 Å². The van der Waals surface area contributed by atoms with Crippen molar-refractivity contribution in [1.29, 1.82) is 0 Å². The second-order valence-electron chi connectivity index (χ2n) is 6.31. The fraction of sp³-hybridized carbons (Fsp3) is 0. The van der Waals surface area contributed by atoms with Crippen LogP contribution in [0.15, 0.2) is 70.8 Å². The molecule has 0 spiro atoms. The van der Waals surface area contributed by atoms with Crippen LogP contribution in [0.2, 0.25) is 10.0 Å². The van der Waals surface area contributed by atoms with E-state index >= 15 is 0 Å². The molecule has 0 radical (unpaired) electrons. The lowest BCUT2D eigenvalue weighted by atomic mass is 10.1. The number of carbonyl (C=O) groups is 2. The molecule has 30 heavy (non-hydrogen) atoms. The molecule has 4 rings (SSSR count). The summed E-state index contributed by atoms with van der Waals surface area (Å²) < 4.78 is 2.81. The molecule has 2 aromatic carbocycles. The molecule has 3 aromatic rings. The number of amides is 2. The van der Waals surface area contributed by atoms with Gasteiger partial charge in [-0.05, 0) is 66.8 Å². The number of hydrogen-bond acceptors (Lipinski definition) is 3. The van der Waals surface area contributed by atoms with E-state index in [2.05, 4.69) is 21.2 Å². The fourth-order valence-electron chi connectivity index (χ4n) is 3.04. The molecule has 9 heteroatoms. The summed E-state index contributed by atoms with van der Waals surface area (Å²) >= 11 is 21.0. The minimum absolute atomic E-state index is 0.0605. The number of rotatable bonds is 3. The first-order chi connectivity index (χ1) is 14.4. The lowest BCUT2D eigenvalue weighted by molar-refractivity contribution is -0.122. The Balaban J connectivity index is 1.77.